The molecule has 0 aliphatic carbocycles. The van der Waals surface area contributed by atoms with Crippen LogP contribution in [0.15, 0.2) is 71.5 Å². The molecule has 0 bridgehead atoms. The molecule has 0 amide bonds. The molecular formula is C26H28N4O2. The van der Waals surface area contributed by atoms with E-state index in [4.69, 9.17) is 14.1 Å². The molecule has 1 aliphatic heterocycles. The molecule has 1 N–H and O–H groups in total. The SMILES string of the molecule is CCCC1CN(c2ccc3ccc(-c4ncco4)nc3c2OCc2ccccc2)CCN1. The highest BCUT2D eigenvalue weighted by Gasteiger charge is 2.23. The van der Waals surface area contributed by atoms with Crippen molar-refractivity contribution in [1.82, 2.24) is 15.3 Å². The molecule has 6 heteroatoms. The number of ether oxygens (including phenoxy) is 1. The number of anilines is 1. The average molecular weight is 429 g/mol. The summed E-state index contributed by atoms with van der Waals surface area (Å²) in [7, 11) is 0. The van der Waals surface area contributed by atoms with E-state index in [9.17, 15) is 0 Å². The third-order valence-corrected chi connectivity index (χ3v) is 5.91. The summed E-state index contributed by atoms with van der Waals surface area (Å²) in [5, 5.41) is 4.68. The molecule has 164 valence electrons. The molecule has 0 saturated carbocycles. The van der Waals surface area contributed by atoms with Gasteiger partial charge in [0.15, 0.2) is 5.75 Å². The molecule has 6 nitrogen and oxygen atoms in total. The number of oxazole rings is 1. The van der Waals surface area contributed by atoms with Crippen LogP contribution in [0.2, 0.25) is 0 Å². The van der Waals surface area contributed by atoms with E-state index in [2.05, 4.69) is 52.5 Å². The van der Waals surface area contributed by atoms with Gasteiger partial charge < -0.3 is 19.4 Å². The first-order chi connectivity index (χ1) is 15.8. The van der Waals surface area contributed by atoms with Crippen LogP contribution in [0.5, 0.6) is 5.75 Å². The van der Waals surface area contributed by atoms with E-state index in [1.54, 1.807) is 12.5 Å². The zero-order valence-corrected chi connectivity index (χ0v) is 18.3. The van der Waals surface area contributed by atoms with Gasteiger partial charge in [-0.3, -0.25) is 0 Å². The minimum atomic E-state index is 0.484. The van der Waals surface area contributed by atoms with E-state index in [1.165, 1.54) is 6.42 Å². The fraction of sp³-hybridized carbons (Fsp3) is 0.308. The molecule has 0 spiro atoms. The molecule has 4 aromatic rings. The van der Waals surface area contributed by atoms with Crippen molar-refractivity contribution in [2.24, 2.45) is 0 Å². The van der Waals surface area contributed by atoms with E-state index >= 15 is 0 Å². The third-order valence-electron chi connectivity index (χ3n) is 5.91. The number of nitrogens with one attached hydrogen (secondary N) is 1. The maximum atomic E-state index is 6.48. The summed E-state index contributed by atoms with van der Waals surface area (Å²) >= 11 is 0. The van der Waals surface area contributed by atoms with E-state index in [-0.39, 0.29) is 0 Å². The second-order valence-electron chi connectivity index (χ2n) is 8.18. The van der Waals surface area contributed by atoms with Crippen LogP contribution in [-0.4, -0.2) is 35.6 Å². The van der Waals surface area contributed by atoms with Crippen molar-refractivity contribution in [2.75, 3.05) is 24.5 Å². The van der Waals surface area contributed by atoms with Crippen LogP contribution < -0.4 is 15.0 Å². The molecule has 1 saturated heterocycles. The zero-order valence-electron chi connectivity index (χ0n) is 18.3. The second kappa shape index (κ2) is 9.40. The van der Waals surface area contributed by atoms with E-state index in [0.717, 1.165) is 54.0 Å². The smallest absolute Gasteiger partial charge is 0.245 e. The number of hydrogen-bond acceptors (Lipinski definition) is 6. The Balaban J connectivity index is 1.56. The van der Waals surface area contributed by atoms with Gasteiger partial charge >= 0.3 is 0 Å². The van der Waals surface area contributed by atoms with Crippen molar-refractivity contribution in [1.29, 1.82) is 0 Å². The minimum Gasteiger partial charge on any atom is -0.484 e. The Hall–Kier alpha value is -3.38. The number of hydrogen-bond donors (Lipinski definition) is 1. The van der Waals surface area contributed by atoms with E-state index in [0.29, 0.717) is 24.2 Å². The molecule has 1 aliphatic rings. The van der Waals surface area contributed by atoms with Crippen molar-refractivity contribution >= 4 is 16.6 Å². The predicted molar refractivity (Wildman–Crippen MR) is 127 cm³/mol. The first-order valence-electron chi connectivity index (χ1n) is 11.3. The predicted octanol–water partition coefficient (Wildman–Crippen LogP) is 5.05. The van der Waals surface area contributed by atoms with Gasteiger partial charge in [0.2, 0.25) is 5.89 Å². The summed E-state index contributed by atoms with van der Waals surface area (Å²) in [5.74, 6) is 1.33. The Kier molecular flexibility index (Phi) is 6.03. The second-order valence-corrected chi connectivity index (χ2v) is 8.18. The summed E-state index contributed by atoms with van der Waals surface area (Å²) < 4.78 is 12.0. The molecule has 1 fully saturated rings. The maximum absolute atomic E-state index is 6.48. The van der Waals surface area contributed by atoms with Crippen LogP contribution >= 0.6 is 0 Å². The lowest BCUT2D eigenvalue weighted by molar-refractivity contribution is 0.308. The Labute approximate surface area is 188 Å². The Morgan fingerprint density at radius 2 is 2.00 bits per heavy atom. The van der Waals surface area contributed by atoms with Gasteiger partial charge in [-0.2, -0.15) is 0 Å². The summed E-state index contributed by atoms with van der Waals surface area (Å²) in [5.41, 5.74) is 3.75. The summed E-state index contributed by atoms with van der Waals surface area (Å²) in [6.45, 7) is 5.58. The molecule has 2 aromatic carbocycles. The lowest BCUT2D eigenvalue weighted by Gasteiger charge is -2.36. The molecule has 0 radical (unpaired) electrons. The van der Waals surface area contributed by atoms with Crippen molar-refractivity contribution in [3.05, 3.63) is 72.6 Å². The first-order valence-corrected chi connectivity index (χ1v) is 11.3. The zero-order chi connectivity index (χ0) is 21.8. The molecule has 1 atom stereocenters. The highest BCUT2D eigenvalue weighted by molar-refractivity contribution is 5.91. The van der Waals surface area contributed by atoms with Crippen LogP contribution in [0.3, 0.4) is 0 Å². The number of piperazine rings is 1. The van der Waals surface area contributed by atoms with Crippen LogP contribution in [0.25, 0.3) is 22.5 Å². The fourth-order valence-electron chi connectivity index (χ4n) is 4.33. The van der Waals surface area contributed by atoms with Crippen molar-refractivity contribution in [2.45, 2.75) is 32.4 Å². The number of pyridine rings is 1. The lowest BCUT2D eigenvalue weighted by Crippen LogP contribution is -2.50. The summed E-state index contributed by atoms with van der Waals surface area (Å²) in [6.07, 6.45) is 5.54. The normalized spacial score (nSPS) is 16.4. The Bertz CT molecular complexity index is 1160. The van der Waals surface area contributed by atoms with E-state index in [1.807, 2.05) is 24.3 Å². The summed E-state index contributed by atoms with van der Waals surface area (Å²) in [6, 6.07) is 19.0. The highest BCUT2D eigenvalue weighted by atomic mass is 16.5. The number of rotatable bonds is 7. The van der Waals surface area contributed by atoms with Crippen LogP contribution in [0, 0.1) is 0 Å². The monoisotopic (exact) mass is 428 g/mol. The maximum Gasteiger partial charge on any atom is 0.245 e. The molecule has 2 aromatic heterocycles. The largest absolute Gasteiger partial charge is 0.484 e. The molecule has 1 unspecified atom stereocenters. The number of nitrogens with zero attached hydrogens (tertiary/aromatic N) is 3. The molecular weight excluding hydrogens is 400 g/mol. The van der Waals surface area contributed by atoms with Crippen LogP contribution in [0.1, 0.15) is 25.3 Å². The highest BCUT2D eigenvalue weighted by Crippen LogP contribution is 2.37. The number of aromatic nitrogens is 2. The van der Waals surface area contributed by atoms with Gasteiger partial charge in [-0.15, -0.1) is 0 Å². The van der Waals surface area contributed by atoms with Gasteiger partial charge in [0, 0.05) is 31.1 Å². The number of fused-ring (bicyclic) bond motifs is 1. The van der Waals surface area contributed by atoms with Crippen LogP contribution in [0.4, 0.5) is 5.69 Å². The van der Waals surface area contributed by atoms with Crippen molar-refractivity contribution in [3.8, 4) is 17.3 Å². The summed E-state index contributed by atoms with van der Waals surface area (Å²) in [4.78, 5) is 11.6. The quantitative estimate of drug-likeness (QED) is 0.445. The Morgan fingerprint density at radius 3 is 2.81 bits per heavy atom. The van der Waals surface area contributed by atoms with Crippen molar-refractivity contribution < 1.29 is 9.15 Å². The molecule has 32 heavy (non-hydrogen) atoms. The standard InChI is InChI=1S/C26H28N4O2/c1-2-6-21-17-30(15-13-27-21)23-12-10-20-9-11-22(26-28-14-16-31-26)29-24(20)25(23)32-18-19-7-4-3-5-8-19/h3-5,7-12,14,16,21,27H,2,6,13,15,17-18H2,1H3. The van der Waals surface area contributed by atoms with Crippen molar-refractivity contribution in [3.63, 3.8) is 0 Å². The van der Waals surface area contributed by atoms with Gasteiger partial charge in [-0.05, 0) is 24.1 Å². The fourth-order valence-corrected chi connectivity index (χ4v) is 4.33. The first kappa shape index (κ1) is 20.5. The minimum absolute atomic E-state index is 0.484. The number of benzene rings is 2. The van der Waals surface area contributed by atoms with Gasteiger partial charge in [0.25, 0.3) is 0 Å². The van der Waals surface area contributed by atoms with Gasteiger partial charge in [0.1, 0.15) is 24.1 Å². The Morgan fingerprint density at radius 1 is 1.12 bits per heavy atom. The van der Waals surface area contributed by atoms with E-state index < -0.39 is 0 Å². The topological polar surface area (TPSA) is 63.4 Å². The van der Waals surface area contributed by atoms with Gasteiger partial charge in [0.05, 0.1) is 11.9 Å². The van der Waals surface area contributed by atoms with Crippen LogP contribution in [-0.2, 0) is 6.61 Å². The third kappa shape index (κ3) is 4.32. The van der Waals surface area contributed by atoms with Gasteiger partial charge in [-0.1, -0.05) is 55.8 Å². The average Bonchev–Trinajstić information content (AvgIpc) is 3.38. The molecule has 5 rings (SSSR count). The van der Waals surface area contributed by atoms with Gasteiger partial charge in [-0.25, -0.2) is 9.97 Å². The lowest BCUT2D eigenvalue weighted by atomic mass is 10.1. The molecule has 3 heterocycles.